The van der Waals surface area contributed by atoms with Crippen LogP contribution in [-0.2, 0) is 19.3 Å². The molecule has 0 spiro atoms. The Balaban J connectivity index is 1.30. The van der Waals surface area contributed by atoms with Crippen LogP contribution in [0.15, 0.2) is 77.9 Å². The van der Waals surface area contributed by atoms with Gasteiger partial charge in [0.1, 0.15) is 0 Å². The van der Waals surface area contributed by atoms with E-state index < -0.39 is 0 Å². The lowest BCUT2D eigenvalue weighted by atomic mass is 9.84. The van der Waals surface area contributed by atoms with E-state index in [0.717, 1.165) is 31.6 Å². The molecule has 0 aromatic heterocycles. The Morgan fingerprint density at radius 1 is 1.00 bits per heavy atom. The van der Waals surface area contributed by atoms with Crippen molar-refractivity contribution < 1.29 is 0 Å². The fourth-order valence-electron chi connectivity index (χ4n) is 5.97. The zero-order chi connectivity index (χ0) is 21.9. The van der Waals surface area contributed by atoms with Crippen molar-refractivity contribution in [2.75, 3.05) is 0 Å². The Bertz CT molecular complexity index is 1100. The summed E-state index contributed by atoms with van der Waals surface area (Å²) >= 11 is 0. The van der Waals surface area contributed by atoms with Crippen LogP contribution in [0.1, 0.15) is 79.7 Å². The van der Waals surface area contributed by atoms with Gasteiger partial charge in [-0.15, -0.1) is 0 Å². The molecule has 0 radical (unpaired) electrons. The molecule has 0 bridgehead atoms. The summed E-state index contributed by atoms with van der Waals surface area (Å²) in [6.07, 6.45) is 19.8. The molecular formula is C32H36. The second-order valence-electron chi connectivity index (χ2n) is 9.96. The van der Waals surface area contributed by atoms with Gasteiger partial charge in [-0.25, -0.2) is 0 Å². The molecule has 0 N–H and O–H groups in total. The average molecular weight is 421 g/mol. The lowest BCUT2D eigenvalue weighted by Crippen LogP contribution is -2.09. The highest BCUT2D eigenvalue weighted by Gasteiger charge is 2.22. The minimum absolute atomic E-state index is 0.899. The van der Waals surface area contributed by atoms with Crippen molar-refractivity contribution in [2.45, 2.75) is 71.1 Å². The highest BCUT2D eigenvalue weighted by atomic mass is 14.3. The summed E-state index contributed by atoms with van der Waals surface area (Å²) in [4.78, 5) is 0. The Labute approximate surface area is 194 Å². The van der Waals surface area contributed by atoms with Crippen LogP contribution in [0.5, 0.6) is 0 Å². The second kappa shape index (κ2) is 9.49. The van der Waals surface area contributed by atoms with Gasteiger partial charge in [0.25, 0.3) is 0 Å². The average Bonchev–Trinajstić information content (AvgIpc) is 3.46. The monoisotopic (exact) mass is 420 g/mol. The quantitative estimate of drug-likeness (QED) is 0.420. The Hall–Kier alpha value is -2.60. The van der Waals surface area contributed by atoms with E-state index in [0.29, 0.717) is 0 Å². The lowest BCUT2D eigenvalue weighted by molar-refractivity contribution is 0.356. The van der Waals surface area contributed by atoms with Gasteiger partial charge < -0.3 is 0 Å². The fraction of sp³-hybridized carbons (Fsp3) is 0.375. The normalized spacial score (nSPS) is 18.2. The van der Waals surface area contributed by atoms with Crippen LogP contribution in [0.4, 0.5) is 0 Å². The number of allylic oxidation sites excluding steroid dienone is 6. The van der Waals surface area contributed by atoms with E-state index in [4.69, 9.17) is 0 Å². The van der Waals surface area contributed by atoms with Crippen LogP contribution in [0.3, 0.4) is 0 Å². The summed E-state index contributed by atoms with van der Waals surface area (Å²) in [6.45, 7) is 6.71. The molecule has 3 aliphatic rings. The molecule has 1 saturated carbocycles. The first kappa shape index (κ1) is 21.3. The van der Waals surface area contributed by atoms with Gasteiger partial charge in [-0.1, -0.05) is 106 Å². The highest BCUT2D eigenvalue weighted by molar-refractivity contribution is 5.75. The largest absolute Gasteiger partial charge is 0.0949 e. The number of hydrogen-bond donors (Lipinski definition) is 0. The molecule has 3 aliphatic carbocycles. The van der Waals surface area contributed by atoms with Crippen molar-refractivity contribution in [2.24, 2.45) is 5.92 Å². The van der Waals surface area contributed by atoms with Crippen molar-refractivity contribution in [1.82, 2.24) is 0 Å². The van der Waals surface area contributed by atoms with E-state index in [1.54, 1.807) is 0 Å². The topological polar surface area (TPSA) is 0 Å². The van der Waals surface area contributed by atoms with Gasteiger partial charge in [-0.2, -0.15) is 0 Å². The second-order valence-corrected chi connectivity index (χ2v) is 9.96. The first-order valence-corrected chi connectivity index (χ1v) is 12.7. The summed E-state index contributed by atoms with van der Waals surface area (Å²) in [5.74, 6) is 0.899. The molecule has 0 nitrogen and oxygen atoms in total. The van der Waals surface area contributed by atoms with Crippen LogP contribution in [0.2, 0.25) is 0 Å². The molecule has 2 aromatic rings. The number of hydrogen-bond acceptors (Lipinski definition) is 0. The summed E-state index contributed by atoms with van der Waals surface area (Å²) < 4.78 is 0. The summed E-state index contributed by atoms with van der Waals surface area (Å²) in [5.41, 5.74) is 12.9. The number of benzene rings is 2. The Morgan fingerprint density at radius 2 is 1.84 bits per heavy atom. The first-order chi connectivity index (χ1) is 15.7. The molecule has 32 heavy (non-hydrogen) atoms. The highest BCUT2D eigenvalue weighted by Crippen LogP contribution is 2.39. The van der Waals surface area contributed by atoms with Gasteiger partial charge in [0, 0.05) is 0 Å². The van der Waals surface area contributed by atoms with Crippen molar-refractivity contribution in [3.05, 3.63) is 106 Å². The fourth-order valence-corrected chi connectivity index (χ4v) is 5.97. The van der Waals surface area contributed by atoms with Gasteiger partial charge in [0.15, 0.2) is 0 Å². The van der Waals surface area contributed by atoms with Crippen LogP contribution >= 0.6 is 0 Å². The molecular weight excluding hydrogens is 384 g/mol. The van der Waals surface area contributed by atoms with Crippen LogP contribution in [0.25, 0.3) is 11.6 Å². The van der Waals surface area contributed by atoms with Gasteiger partial charge in [-0.05, 0) is 88.1 Å². The molecule has 0 amide bonds. The minimum Gasteiger partial charge on any atom is -0.0949 e. The molecule has 0 saturated heterocycles. The Kier molecular flexibility index (Phi) is 6.30. The molecule has 0 heteroatoms. The molecule has 5 rings (SSSR count). The van der Waals surface area contributed by atoms with Crippen molar-refractivity contribution in [3.8, 4) is 0 Å². The molecule has 2 aromatic carbocycles. The van der Waals surface area contributed by atoms with E-state index in [-0.39, 0.29) is 0 Å². The van der Waals surface area contributed by atoms with Crippen molar-refractivity contribution >= 4 is 11.6 Å². The molecule has 0 atom stereocenters. The minimum atomic E-state index is 0.899. The zero-order valence-corrected chi connectivity index (χ0v) is 19.6. The predicted molar refractivity (Wildman–Crippen MR) is 139 cm³/mol. The molecule has 0 unspecified atom stereocenters. The zero-order valence-electron chi connectivity index (χ0n) is 19.6. The van der Waals surface area contributed by atoms with Crippen LogP contribution < -0.4 is 0 Å². The maximum absolute atomic E-state index is 4.48. The van der Waals surface area contributed by atoms with Crippen molar-refractivity contribution in [1.29, 1.82) is 0 Å². The number of fused-ring (bicyclic) bond motifs is 1. The Morgan fingerprint density at radius 3 is 2.69 bits per heavy atom. The van der Waals surface area contributed by atoms with E-state index in [9.17, 15) is 0 Å². The smallest absolute Gasteiger partial charge is 0.00137 e. The van der Waals surface area contributed by atoms with E-state index in [1.165, 1.54) is 88.6 Å². The van der Waals surface area contributed by atoms with Crippen molar-refractivity contribution in [3.63, 3.8) is 0 Å². The van der Waals surface area contributed by atoms with Gasteiger partial charge >= 0.3 is 0 Å². The third-order valence-electron chi connectivity index (χ3n) is 7.73. The summed E-state index contributed by atoms with van der Waals surface area (Å²) in [5, 5.41) is 0. The molecule has 164 valence electrons. The molecule has 0 heterocycles. The van der Waals surface area contributed by atoms with Crippen LogP contribution in [0, 0.1) is 5.92 Å². The van der Waals surface area contributed by atoms with E-state index >= 15 is 0 Å². The SMILES string of the molecule is C=C(CC1=CCC=C1C1=Cc2cc(CC3CCCCC3)ccc2C1)c1ccccc1CC. The molecule has 0 aliphatic heterocycles. The third-order valence-corrected chi connectivity index (χ3v) is 7.73. The summed E-state index contributed by atoms with van der Waals surface area (Å²) in [6, 6.07) is 16.0. The first-order valence-electron chi connectivity index (χ1n) is 12.7. The number of aryl methyl sites for hydroxylation is 1. The standard InChI is InChI=1S/C32H36/c1-3-26-12-7-8-14-31(26)23(2)18-28-13-9-15-32(28)30-21-27-17-16-25(20-29(27)22-30)19-24-10-5-4-6-11-24/h7-8,12-17,20,22,24H,2-6,9-11,18-19,21H2,1H3. The van der Waals surface area contributed by atoms with Gasteiger partial charge in [-0.3, -0.25) is 0 Å². The predicted octanol–water partition coefficient (Wildman–Crippen LogP) is 8.67. The third kappa shape index (κ3) is 4.46. The van der Waals surface area contributed by atoms with Gasteiger partial charge in [0.2, 0.25) is 0 Å². The van der Waals surface area contributed by atoms with E-state index in [1.807, 2.05) is 0 Å². The maximum Gasteiger partial charge on any atom is -0.00137 e. The molecule has 1 fully saturated rings. The summed E-state index contributed by atoms with van der Waals surface area (Å²) in [7, 11) is 0. The number of rotatable bonds is 7. The maximum atomic E-state index is 4.48. The lowest BCUT2D eigenvalue weighted by Gasteiger charge is -2.21. The van der Waals surface area contributed by atoms with E-state index in [2.05, 4.69) is 74.2 Å². The van der Waals surface area contributed by atoms with Crippen LogP contribution in [-0.4, -0.2) is 0 Å². The van der Waals surface area contributed by atoms with Gasteiger partial charge in [0.05, 0.1) is 0 Å².